The average Bonchev–Trinajstić information content (AvgIpc) is 2.91. The molecule has 7 nitrogen and oxygen atoms in total. The Morgan fingerprint density at radius 2 is 1.63 bits per heavy atom. The average molecular weight is 581 g/mol. The quantitative estimate of drug-likeness (QED) is 0.335. The molecule has 1 N–H and O–H groups in total. The van der Waals surface area contributed by atoms with E-state index >= 15 is 0 Å². The molecule has 0 saturated heterocycles. The summed E-state index contributed by atoms with van der Waals surface area (Å²) in [6.45, 7) is 3.03. The summed E-state index contributed by atoms with van der Waals surface area (Å²) in [7, 11) is -4.34. The van der Waals surface area contributed by atoms with Crippen molar-refractivity contribution in [1.29, 1.82) is 0 Å². The van der Waals surface area contributed by atoms with E-state index in [0.717, 1.165) is 10.4 Å². The van der Waals surface area contributed by atoms with Crippen LogP contribution in [0, 0.1) is 5.82 Å². The first-order valence-corrected chi connectivity index (χ1v) is 14.1. The second kappa shape index (κ2) is 13.1. The Hall–Kier alpha value is -3.14. The lowest BCUT2D eigenvalue weighted by Crippen LogP contribution is -2.51. The number of carbonyl (C=O) groups is 2. The normalized spacial score (nSPS) is 12.0. The van der Waals surface area contributed by atoms with Gasteiger partial charge >= 0.3 is 0 Å². The molecule has 0 aliphatic rings. The van der Waals surface area contributed by atoms with Crippen molar-refractivity contribution in [1.82, 2.24) is 10.2 Å². The largest absolute Gasteiger partial charge is 0.354 e. The third kappa shape index (κ3) is 7.03. The third-order valence-electron chi connectivity index (χ3n) is 5.78. The molecule has 3 aromatic carbocycles. The Balaban J connectivity index is 2.03. The van der Waals surface area contributed by atoms with Gasteiger partial charge in [0.1, 0.15) is 18.4 Å². The first-order chi connectivity index (χ1) is 18.1. The van der Waals surface area contributed by atoms with Gasteiger partial charge in [-0.3, -0.25) is 13.9 Å². The molecule has 0 aliphatic heterocycles. The number of nitrogens with zero attached hydrogens (tertiary/aromatic N) is 2. The molecule has 3 aromatic rings. The third-order valence-corrected chi connectivity index (χ3v) is 8.30. The minimum atomic E-state index is -4.34. The van der Waals surface area contributed by atoms with Crippen LogP contribution in [0.15, 0.2) is 77.7 Å². The first-order valence-electron chi connectivity index (χ1n) is 11.9. The lowest BCUT2D eigenvalue weighted by atomic mass is 10.1. The maximum absolute atomic E-state index is 14.9. The van der Waals surface area contributed by atoms with Crippen LogP contribution in [0.1, 0.15) is 25.8 Å². The maximum Gasteiger partial charge on any atom is 0.264 e. The minimum absolute atomic E-state index is 0.0626. The Labute approximate surface area is 232 Å². The predicted molar refractivity (Wildman–Crippen MR) is 147 cm³/mol. The summed E-state index contributed by atoms with van der Waals surface area (Å²) in [6, 6.07) is 16.5. The van der Waals surface area contributed by atoms with E-state index in [-0.39, 0.29) is 22.2 Å². The zero-order valence-corrected chi connectivity index (χ0v) is 23.2. The molecular formula is C27H28Cl2FN3O4S. The monoisotopic (exact) mass is 579 g/mol. The molecule has 0 unspecified atom stereocenters. The molecule has 0 heterocycles. The summed E-state index contributed by atoms with van der Waals surface area (Å²) >= 11 is 12.2. The van der Waals surface area contributed by atoms with E-state index in [2.05, 4.69) is 5.32 Å². The van der Waals surface area contributed by atoms with E-state index in [1.165, 1.54) is 47.4 Å². The van der Waals surface area contributed by atoms with Gasteiger partial charge in [-0.1, -0.05) is 66.5 Å². The molecule has 1 atom stereocenters. The molecule has 0 spiro atoms. The van der Waals surface area contributed by atoms with Crippen LogP contribution >= 0.6 is 23.2 Å². The summed E-state index contributed by atoms with van der Waals surface area (Å²) < 4.78 is 42.8. The van der Waals surface area contributed by atoms with Crippen LogP contribution in [0.2, 0.25) is 10.0 Å². The van der Waals surface area contributed by atoms with Crippen molar-refractivity contribution in [3.63, 3.8) is 0 Å². The molecule has 0 radical (unpaired) electrons. The number of hydrogen-bond acceptors (Lipinski definition) is 4. The highest BCUT2D eigenvalue weighted by Gasteiger charge is 2.33. The van der Waals surface area contributed by atoms with Crippen LogP contribution in [-0.2, 0) is 26.2 Å². The first kappa shape index (κ1) is 29.4. The van der Waals surface area contributed by atoms with Crippen LogP contribution < -0.4 is 9.62 Å². The van der Waals surface area contributed by atoms with E-state index in [9.17, 15) is 22.4 Å². The van der Waals surface area contributed by atoms with Crippen molar-refractivity contribution in [2.24, 2.45) is 0 Å². The number of nitrogens with one attached hydrogen (secondary N) is 1. The standard InChI is InChI=1S/C27H28Cl2FN3O4S/c1-3-15-31-27(35)19(2)32(17-20-13-14-22(28)23(29)16-20)26(34)18-33(25-12-8-7-11-24(25)30)38(36,37)21-9-5-4-6-10-21/h4-14,16,19H,3,15,17-18H2,1-2H3,(H,31,35)/t19-/m1/s1. The second-order valence-electron chi connectivity index (χ2n) is 8.51. The van der Waals surface area contributed by atoms with E-state index in [0.29, 0.717) is 23.6 Å². The van der Waals surface area contributed by atoms with Crippen molar-refractivity contribution in [2.75, 3.05) is 17.4 Å². The molecule has 2 amide bonds. The molecule has 0 bridgehead atoms. The number of rotatable bonds is 11. The van der Waals surface area contributed by atoms with Crippen molar-refractivity contribution >= 4 is 50.7 Å². The van der Waals surface area contributed by atoms with Gasteiger partial charge in [0.05, 0.1) is 20.6 Å². The maximum atomic E-state index is 14.9. The van der Waals surface area contributed by atoms with Gasteiger partial charge in [0.2, 0.25) is 11.8 Å². The fourth-order valence-electron chi connectivity index (χ4n) is 3.70. The van der Waals surface area contributed by atoms with Crippen molar-refractivity contribution < 1.29 is 22.4 Å². The molecule has 0 fully saturated rings. The van der Waals surface area contributed by atoms with E-state index < -0.39 is 40.2 Å². The fourth-order valence-corrected chi connectivity index (χ4v) is 5.46. The molecule has 11 heteroatoms. The Morgan fingerprint density at radius 1 is 0.974 bits per heavy atom. The van der Waals surface area contributed by atoms with Crippen LogP contribution in [0.25, 0.3) is 0 Å². The van der Waals surface area contributed by atoms with Gasteiger partial charge in [0.25, 0.3) is 10.0 Å². The van der Waals surface area contributed by atoms with Crippen LogP contribution in [0.4, 0.5) is 10.1 Å². The highest BCUT2D eigenvalue weighted by molar-refractivity contribution is 7.92. The van der Waals surface area contributed by atoms with Crippen LogP contribution in [0.3, 0.4) is 0 Å². The second-order valence-corrected chi connectivity index (χ2v) is 11.2. The number of carbonyl (C=O) groups excluding carboxylic acids is 2. The van der Waals surface area contributed by atoms with E-state index in [4.69, 9.17) is 23.2 Å². The minimum Gasteiger partial charge on any atom is -0.354 e. The fraction of sp³-hybridized carbons (Fsp3) is 0.259. The van der Waals surface area contributed by atoms with Gasteiger partial charge in [-0.15, -0.1) is 0 Å². The lowest BCUT2D eigenvalue weighted by molar-refractivity contribution is -0.139. The number of amides is 2. The Morgan fingerprint density at radius 3 is 2.26 bits per heavy atom. The SMILES string of the molecule is CCCNC(=O)[C@@H](C)N(Cc1ccc(Cl)c(Cl)c1)C(=O)CN(c1ccccc1F)S(=O)(=O)c1ccccc1. The van der Waals surface area contributed by atoms with Crippen molar-refractivity contribution in [3.8, 4) is 0 Å². The number of anilines is 1. The van der Waals surface area contributed by atoms with Gasteiger partial charge in [0.15, 0.2) is 0 Å². The zero-order valence-electron chi connectivity index (χ0n) is 20.9. The number of sulfonamides is 1. The smallest absolute Gasteiger partial charge is 0.264 e. The summed E-state index contributed by atoms with van der Waals surface area (Å²) in [5.41, 5.74) is 0.286. The highest BCUT2D eigenvalue weighted by atomic mass is 35.5. The number of para-hydroxylation sites is 1. The predicted octanol–water partition coefficient (Wildman–Crippen LogP) is 5.27. The summed E-state index contributed by atoms with van der Waals surface area (Å²) in [4.78, 5) is 27.7. The van der Waals surface area contributed by atoms with Gasteiger partial charge in [0, 0.05) is 13.1 Å². The molecule has 38 heavy (non-hydrogen) atoms. The topological polar surface area (TPSA) is 86.8 Å². The Bertz CT molecular complexity index is 1390. The summed E-state index contributed by atoms with van der Waals surface area (Å²) in [6.07, 6.45) is 0.690. The summed E-state index contributed by atoms with van der Waals surface area (Å²) in [5, 5.41) is 3.34. The number of hydrogen-bond donors (Lipinski definition) is 1. The van der Waals surface area contributed by atoms with Gasteiger partial charge in [-0.05, 0) is 55.3 Å². The number of halogens is 3. The van der Waals surface area contributed by atoms with Crippen molar-refractivity contribution in [3.05, 3.63) is 94.2 Å². The van der Waals surface area contributed by atoms with Gasteiger partial charge in [-0.25, -0.2) is 12.8 Å². The lowest BCUT2D eigenvalue weighted by Gasteiger charge is -2.32. The number of benzene rings is 3. The van der Waals surface area contributed by atoms with Crippen LogP contribution in [0.5, 0.6) is 0 Å². The molecule has 0 aliphatic carbocycles. The molecule has 0 saturated carbocycles. The molecular weight excluding hydrogens is 552 g/mol. The van der Waals surface area contributed by atoms with Gasteiger partial charge < -0.3 is 10.2 Å². The Kier molecular flexibility index (Phi) is 10.1. The highest BCUT2D eigenvalue weighted by Crippen LogP contribution is 2.27. The summed E-state index contributed by atoms with van der Waals surface area (Å²) in [5.74, 6) is -1.94. The van der Waals surface area contributed by atoms with Crippen molar-refractivity contribution in [2.45, 2.75) is 37.8 Å². The van der Waals surface area contributed by atoms with E-state index in [1.54, 1.807) is 31.2 Å². The van der Waals surface area contributed by atoms with Crippen LogP contribution in [-0.4, -0.2) is 44.3 Å². The van der Waals surface area contributed by atoms with E-state index in [1.807, 2.05) is 6.92 Å². The zero-order chi connectivity index (χ0) is 27.9. The molecule has 3 rings (SSSR count). The molecule has 202 valence electrons. The molecule has 0 aromatic heterocycles. The van der Waals surface area contributed by atoms with Gasteiger partial charge in [-0.2, -0.15) is 0 Å².